The van der Waals surface area contributed by atoms with Crippen molar-refractivity contribution in [2.24, 2.45) is 11.8 Å². The highest BCUT2D eigenvalue weighted by molar-refractivity contribution is 5.78. The smallest absolute Gasteiger partial charge is 0.225 e. The summed E-state index contributed by atoms with van der Waals surface area (Å²) in [5, 5.41) is 8.86. The molecule has 3 nitrogen and oxygen atoms in total. The van der Waals surface area contributed by atoms with Crippen LogP contribution in [-0.4, -0.2) is 23.9 Å². The monoisotopic (exact) mass is 274 g/mol. The first-order valence-electron chi connectivity index (χ1n) is 7.03. The third-order valence-corrected chi connectivity index (χ3v) is 3.89. The minimum Gasteiger partial charge on any atom is -0.342 e. The van der Waals surface area contributed by atoms with Crippen LogP contribution in [0.3, 0.4) is 0 Å². The number of rotatable bonds is 3. The molecule has 4 heteroatoms. The number of hydrogen-bond acceptors (Lipinski definition) is 2. The Kier molecular flexibility index (Phi) is 4.73. The molecule has 0 N–H and O–H groups in total. The molecule has 0 radical (unpaired) electrons. The number of carbonyl (C=O) groups is 1. The van der Waals surface area contributed by atoms with Crippen LogP contribution >= 0.6 is 0 Å². The van der Waals surface area contributed by atoms with E-state index in [4.69, 9.17) is 5.26 Å². The van der Waals surface area contributed by atoms with Crippen LogP contribution in [0.15, 0.2) is 24.3 Å². The van der Waals surface area contributed by atoms with E-state index in [1.165, 1.54) is 6.07 Å². The van der Waals surface area contributed by atoms with Crippen LogP contribution in [0.2, 0.25) is 0 Å². The zero-order valence-electron chi connectivity index (χ0n) is 11.7. The summed E-state index contributed by atoms with van der Waals surface area (Å²) in [4.78, 5) is 14.1. The van der Waals surface area contributed by atoms with Crippen LogP contribution in [0.1, 0.15) is 25.3 Å². The van der Waals surface area contributed by atoms with Gasteiger partial charge in [-0.25, -0.2) is 4.39 Å². The van der Waals surface area contributed by atoms with Gasteiger partial charge in [-0.15, -0.1) is 0 Å². The van der Waals surface area contributed by atoms with Crippen molar-refractivity contribution >= 4 is 5.91 Å². The molecular formula is C16H19FN2O. The fourth-order valence-electron chi connectivity index (χ4n) is 2.62. The predicted octanol–water partition coefficient (Wildman–Crippen LogP) is 2.77. The summed E-state index contributed by atoms with van der Waals surface area (Å²) in [6, 6.07) is 8.83. The molecule has 1 aromatic rings. The Morgan fingerprint density at radius 1 is 1.45 bits per heavy atom. The molecule has 1 amide bonds. The first-order chi connectivity index (χ1) is 9.61. The summed E-state index contributed by atoms with van der Waals surface area (Å²) in [6.07, 6.45) is 1.91. The Morgan fingerprint density at radius 3 is 2.70 bits per heavy atom. The summed E-state index contributed by atoms with van der Waals surface area (Å²) in [5.74, 6) is -0.355. The third kappa shape index (κ3) is 3.36. The standard InChI is InChI=1S/C16H19FN2O/c1-12(10-14-4-2-3-5-15(14)17)16(20)19-8-6-13(11-18)7-9-19/h2-5,12-13H,6-10H2,1H3. The van der Waals surface area contributed by atoms with Gasteiger partial charge in [0.15, 0.2) is 0 Å². The van der Waals surface area contributed by atoms with Crippen molar-refractivity contribution in [3.8, 4) is 6.07 Å². The van der Waals surface area contributed by atoms with Crippen LogP contribution < -0.4 is 0 Å². The molecule has 1 saturated heterocycles. The molecule has 1 atom stereocenters. The molecule has 1 aliphatic heterocycles. The quantitative estimate of drug-likeness (QED) is 0.850. The van der Waals surface area contributed by atoms with Crippen LogP contribution in [0.25, 0.3) is 0 Å². The maximum Gasteiger partial charge on any atom is 0.225 e. The fourth-order valence-corrected chi connectivity index (χ4v) is 2.62. The van der Waals surface area contributed by atoms with E-state index >= 15 is 0 Å². The van der Waals surface area contributed by atoms with Gasteiger partial charge in [-0.2, -0.15) is 5.26 Å². The van der Waals surface area contributed by atoms with Gasteiger partial charge < -0.3 is 4.90 Å². The number of hydrogen-bond donors (Lipinski definition) is 0. The number of nitriles is 1. The molecule has 1 aliphatic rings. The number of carbonyl (C=O) groups excluding carboxylic acids is 1. The van der Waals surface area contributed by atoms with Crippen LogP contribution in [-0.2, 0) is 11.2 Å². The van der Waals surface area contributed by atoms with E-state index in [1.807, 2.05) is 6.92 Å². The Balaban J connectivity index is 1.93. The molecule has 106 valence electrons. The van der Waals surface area contributed by atoms with E-state index in [1.54, 1.807) is 23.1 Å². The summed E-state index contributed by atoms with van der Waals surface area (Å²) in [7, 11) is 0. The predicted molar refractivity (Wildman–Crippen MR) is 74.2 cm³/mol. The van der Waals surface area contributed by atoms with E-state index in [0.717, 1.165) is 12.8 Å². The highest BCUT2D eigenvalue weighted by atomic mass is 19.1. The Bertz CT molecular complexity index is 515. The number of likely N-dealkylation sites (tertiary alicyclic amines) is 1. The normalized spacial score (nSPS) is 17.6. The van der Waals surface area contributed by atoms with Gasteiger partial charge in [0.2, 0.25) is 5.91 Å². The lowest BCUT2D eigenvalue weighted by atomic mass is 9.95. The van der Waals surface area contributed by atoms with Crippen LogP contribution in [0.5, 0.6) is 0 Å². The van der Waals surface area contributed by atoms with Crippen molar-refractivity contribution in [1.82, 2.24) is 4.90 Å². The summed E-state index contributed by atoms with van der Waals surface area (Å²) >= 11 is 0. The first kappa shape index (κ1) is 14.5. The second-order valence-electron chi connectivity index (χ2n) is 5.43. The molecule has 1 heterocycles. The second kappa shape index (κ2) is 6.51. The average Bonchev–Trinajstić information content (AvgIpc) is 2.49. The molecule has 1 unspecified atom stereocenters. The van der Waals surface area contributed by atoms with E-state index < -0.39 is 0 Å². The van der Waals surface area contributed by atoms with Gasteiger partial charge in [-0.05, 0) is 30.9 Å². The van der Waals surface area contributed by atoms with Gasteiger partial charge in [0, 0.05) is 24.9 Å². The highest BCUT2D eigenvalue weighted by Gasteiger charge is 2.26. The van der Waals surface area contributed by atoms with E-state index in [9.17, 15) is 9.18 Å². The van der Waals surface area contributed by atoms with Gasteiger partial charge in [0.25, 0.3) is 0 Å². The van der Waals surface area contributed by atoms with Crippen molar-refractivity contribution in [2.45, 2.75) is 26.2 Å². The zero-order valence-corrected chi connectivity index (χ0v) is 11.7. The zero-order chi connectivity index (χ0) is 14.5. The number of nitrogens with zero attached hydrogens (tertiary/aromatic N) is 2. The lowest BCUT2D eigenvalue weighted by molar-refractivity contribution is -0.136. The van der Waals surface area contributed by atoms with Gasteiger partial charge >= 0.3 is 0 Å². The maximum absolute atomic E-state index is 13.6. The molecule has 0 aliphatic carbocycles. The van der Waals surface area contributed by atoms with Crippen molar-refractivity contribution in [2.75, 3.05) is 13.1 Å². The molecule has 1 fully saturated rings. The molecule has 0 saturated carbocycles. The molecule has 1 aromatic carbocycles. The molecule has 0 spiro atoms. The van der Waals surface area contributed by atoms with Crippen molar-refractivity contribution < 1.29 is 9.18 Å². The topological polar surface area (TPSA) is 44.1 Å². The minimum absolute atomic E-state index is 0.0599. The lowest BCUT2D eigenvalue weighted by Gasteiger charge is -2.31. The van der Waals surface area contributed by atoms with Crippen molar-refractivity contribution in [3.63, 3.8) is 0 Å². The summed E-state index contributed by atoms with van der Waals surface area (Å²) in [5.41, 5.74) is 0.584. The Morgan fingerprint density at radius 2 is 2.10 bits per heavy atom. The third-order valence-electron chi connectivity index (χ3n) is 3.89. The van der Waals surface area contributed by atoms with Gasteiger partial charge in [-0.1, -0.05) is 25.1 Å². The number of amides is 1. The van der Waals surface area contributed by atoms with E-state index in [-0.39, 0.29) is 23.6 Å². The number of halogens is 1. The minimum atomic E-state index is -0.254. The largest absolute Gasteiger partial charge is 0.342 e. The average molecular weight is 274 g/mol. The second-order valence-corrected chi connectivity index (χ2v) is 5.43. The van der Waals surface area contributed by atoms with Crippen LogP contribution in [0, 0.1) is 29.0 Å². The van der Waals surface area contributed by atoms with Gasteiger partial charge in [0.1, 0.15) is 5.82 Å². The molecular weight excluding hydrogens is 255 g/mol. The number of benzene rings is 1. The number of piperidine rings is 1. The molecule has 0 bridgehead atoms. The maximum atomic E-state index is 13.6. The van der Waals surface area contributed by atoms with Crippen LogP contribution in [0.4, 0.5) is 4.39 Å². The summed E-state index contributed by atoms with van der Waals surface area (Å²) in [6.45, 7) is 3.11. The van der Waals surface area contributed by atoms with Gasteiger partial charge in [0.05, 0.1) is 6.07 Å². The van der Waals surface area contributed by atoms with Gasteiger partial charge in [-0.3, -0.25) is 4.79 Å². The fraction of sp³-hybridized carbons (Fsp3) is 0.500. The summed E-state index contributed by atoms with van der Waals surface area (Å²) < 4.78 is 13.6. The van der Waals surface area contributed by atoms with Crippen molar-refractivity contribution in [3.05, 3.63) is 35.6 Å². The Hall–Kier alpha value is -1.89. The molecule has 0 aromatic heterocycles. The SMILES string of the molecule is CC(Cc1ccccc1F)C(=O)N1CCC(C#N)CC1. The van der Waals surface area contributed by atoms with E-state index in [2.05, 4.69) is 6.07 Å². The van der Waals surface area contributed by atoms with E-state index in [0.29, 0.717) is 25.1 Å². The molecule has 2 rings (SSSR count). The van der Waals surface area contributed by atoms with Crippen molar-refractivity contribution in [1.29, 1.82) is 5.26 Å². The lowest BCUT2D eigenvalue weighted by Crippen LogP contribution is -2.41. The first-order valence-corrected chi connectivity index (χ1v) is 7.03. The Labute approximate surface area is 119 Å². The highest BCUT2D eigenvalue weighted by Crippen LogP contribution is 2.20. The molecule has 20 heavy (non-hydrogen) atoms.